The van der Waals surface area contributed by atoms with Crippen LogP contribution in [0.2, 0.25) is 0 Å². The summed E-state index contributed by atoms with van der Waals surface area (Å²) in [7, 11) is 0. The van der Waals surface area contributed by atoms with E-state index in [9.17, 15) is 9.59 Å². The minimum absolute atomic E-state index is 0.0900. The average Bonchev–Trinajstić information content (AvgIpc) is 2.72. The lowest BCUT2D eigenvalue weighted by molar-refractivity contribution is -0.119. The lowest BCUT2D eigenvalue weighted by Gasteiger charge is -2.07. The molecule has 0 saturated heterocycles. The first-order valence-corrected chi connectivity index (χ1v) is 8.78. The van der Waals surface area contributed by atoms with Crippen molar-refractivity contribution in [1.82, 2.24) is 10.3 Å². The van der Waals surface area contributed by atoms with Crippen molar-refractivity contribution in [2.75, 3.05) is 5.32 Å². The maximum absolute atomic E-state index is 12.5. The second-order valence-corrected chi connectivity index (χ2v) is 6.11. The molecule has 2 amide bonds. The maximum atomic E-state index is 12.5. The number of carbonyl (C=O) groups excluding carboxylic acids is 2. The van der Waals surface area contributed by atoms with E-state index >= 15 is 0 Å². The number of hydrogen-bond donors (Lipinski definition) is 2. The van der Waals surface area contributed by atoms with Crippen LogP contribution >= 0.6 is 0 Å². The van der Waals surface area contributed by atoms with Crippen LogP contribution in [-0.4, -0.2) is 16.8 Å². The molecule has 0 saturated carbocycles. The van der Waals surface area contributed by atoms with Crippen LogP contribution in [0.15, 0.2) is 72.9 Å². The van der Waals surface area contributed by atoms with Gasteiger partial charge in [0.05, 0.1) is 0 Å². The van der Waals surface area contributed by atoms with Crippen molar-refractivity contribution < 1.29 is 9.59 Å². The molecule has 0 unspecified atom stereocenters. The highest BCUT2D eigenvalue weighted by Gasteiger charge is 2.06. The first-order valence-electron chi connectivity index (χ1n) is 8.78. The van der Waals surface area contributed by atoms with Crippen LogP contribution < -0.4 is 10.6 Å². The molecule has 0 aliphatic rings. The van der Waals surface area contributed by atoms with Crippen molar-refractivity contribution in [3.05, 3.63) is 95.3 Å². The molecule has 138 valence electrons. The van der Waals surface area contributed by atoms with Gasteiger partial charge in [-0.25, -0.2) is 4.98 Å². The van der Waals surface area contributed by atoms with Gasteiger partial charge in [0.15, 0.2) is 0 Å². The van der Waals surface area contributed by atoms with Crippen LogP contribution in [0.3, 0.4) is 0 Å². The van der Waals surface area contributed by atoms with Crippen molar-refractivity contribution in [1.29, 1.82) is 0 Å². The van der Waals surface area contributed by atoms with Crippen LogP contribution in [0.25, 0.3) is 0 Å². The fourth-order valence-electron chi connectivity index (χ4n) is 2.45. The molecule has 0 aliphatic heterocycles. The topological polar surface area (TPSA) is 71.1 Å². The van der Waals surface area contributed by atoms with Crippen LogP contribution in [-0.2, 0) is 11.3 Å². The molecule has 3 aromatic rings. The zero-order valence-corrected chi connectivity index (χ0v) is 15.4. The molecule has 2 aromatic carbocycles. The van der Waals surface area contributed by atoms with Gasteiger partial charge in [0.1, 0.15) is 5.69 Å². The molecule has 5 nitrogen and oxygen atoms in total. The quantitative estimate of drug-likeness (QED) is 0.693. The predicted molar refractivity (Wildman–Crippen MR) is 109 cm³/mol. The summed E-state index contributed by atoms with van der Waals surface area (Å²) in [6, 6.07) is 20.0. The normalized spacial score (nSPS) is 9.75. The smallest absolute Gasteiger partial charge is 0.255 e. The zero-order valence-electron chi connectivity index (χ0n) is 15.4. The number of anilines is 1. The number of nitrogens with one attached hydrogen (secondary N) is 2. The summed E-state index contributed by atoms with van der Waals surface area (Å²) < 4.78 is 0. The van der Waals surface area contributed by atoms with Gasteiger partial charge in [-0.15, -0.1) is 0 Å². The molecule has 0 bridgehead atoms. The van der Waals surface area contributed by atoms with Gasteiger partial charge in [0, 0.05) is 36.5 Å². The van der Waals surface area contributed by atoms with Gasteiger partial charge < -0.3 is 10.6 Å². The van der Waals surface area contributed by atoms with Gasteiger partial charge in [0.2, 0.25) is 5.91 Å². The summed E-state index contributed by atoms with van der Waals surface area (Å²) in [6.45, 7) is 1.91. The summed E-state index contributed by atoms with van der Waals surface area (Å²) in [5.74, 6) is 5.74. The summed E-state index contributed by atoms with van der Waals surface area (Å²) in [5, 5.41) is 5.60. The van der Waals surface area contributed by atoms with Crippen LogP contribution in [0, 0.1) is 11.8 Å². The summed E-state index contributed by atoms with van der Waals surface area (Å²) in [6.07, 6.45) is 1.70. The van der Waals surface area contributed by atoms with Crippen molar-refractivity contribution in [2.24, 2.45) is 0 Å². The zero-order chi connectivity index (χ0) is 19.8. The number of nitrogens with zero attached hydrogens (tertiary/aromatic N) is 1. The Morgan fingerprint density at radius 2 is 1.79 bits per heavy atom. The highest BCUT2D eigenvalue weighted by Crippen LogP contribution is 2.13. The van der Waals surface area contributed by atoms with E-state index in [1.165, 1.54) is 6.92 Å². The Hall–Kier alpha value is -3.91. The van der Waals surface area contributed by atoms with Crippen molar-refractivity contribution in [3.63, 3.8) is 0 Å². The lowest BCUT2D eigenvalue weighted by atomic mass is 10.1. The second-order valence-electron chi connectivity index (χ2n) is 6.11. The molecular weight excluding hydrogens is 350 g/mol. The van der Waals surface area contributed by atoms with Crippen molar-refractivity contribution >= 4 is 17.5 Å². The molecule has 1 heterocycles. The summed E-state index contributed by atoms with van der Waals surface area (Å²) in [4.78, 5) is 27.6. The Morgan fingerprint density at radius 3 is 2.50 bits per heavy atom. The van der Waals surface area contributed by atoms with Gasteiger partial charge in [-0.2, -0.15) is 0 Å². The molecule has 0 atom stereocenters. The third kappa shape index (κ3) is 5.55. The minimum Gasteiger partial charge on any atom is -0.352 e. The van der Waals surface area contributed by atoms with Gasteiger partial charge in [0.25, 0.3) is 5.91 Å². The Balaban J connectivity index is 1.66. The first-order chi connectivity index (χ1) is 13.6. The van der Waals surface area contributed by atoms with Crippen LogP contribution in [0.1, 0.15) is 34.1 Å². The van der Waals surface area contributed by atoms with Crippen LogP contribution in [0.5, 0.6) is 0 Å². The molecule has 1 aromatic heterocycles. The highest BCUT2D eigenvalue weighted by molar-refractivity contribution is 6.04. The number of carbonyl (C=O) groups is 2. The van der Waals surface area contributed by atoms with Gasteiger partial charge in [-0.1, -0.05) is 30.2 Å². The van der Waals surface area contributed by atoms with Crippen molar-refractivity contribution in [3.8, 4) is 11.8 Å². The molecular formula is C23H19N3O2. The number of rotatable bonds is 4. The Kier molecular flexibility index (Phi) is 6.17. The molecule has 3 rings (SSSR count). The third-order valence-electron chi connectivity index (χ3n) is 3.88. The highest BCUT2D eigenvalue weighted by atomic mass is 16.2. The molecule has 5 heteroatoms. The first kappa shape index (κ1) is 18.9. The third-order valence-corrected chi connectivity index (χ3v) is 3.88. The number of hydrogen-bond acceptors (Lipinski definition) is 3. The van der Waals surface area contributed by atoms with E-state index in [0.717, 1.165) is 11.1 Å². The summed E-state index contributed by atoms with van der Waals surface area (Å²) in [5.41, 5.74) is 3.61. The van der Waals surface area contributed by atoms with E-state index in [1.54, 1.807) is 18.3 Å². The number of amides is 2. The van der Waals surface area contributed by atoms with E-state index in [2.05, 4.69) is 27.5 Å². The summed E-state index contributed by atoms with van der Waals surface area (Å²) >= 11 is 0. The minimum atomic E-state index is -0.207. The number of benzene rings is 2. The molecule has 0 aliphatic carbocycles. The molecule has 0 spiro atoms. The molecule has 2 N–H and O–H groups in total. The number of pyridine rings is 1. The van der Waals surface area contributed by atoms with E-state index in [-0.39, 0.29) is 11.8 Å². The van der Waals surface area contributed by atoms with Crippen LogP contribution in [0.4, 0.5) is 5.69 Å². The largest absolute Gasteiger partial charge is 0.352 e. The Morgan fingerprint density at radius 1 is 0.964 bits per heavy atom. The van der Waals surface area contributed by atoms with Gasteiger partial charge >= 0.3 is 0 Å². The van der Waals surface area contributed by atoms with E-state index in [4.69, 9.17) is 0 Å². The molecule has 0 fully saturated rings. The fraction of sp³-hybridized carbons (Fsp3) is 0.0870. The second kappa shape index (κ2) is 9.15. The SMILES string of the molecule is CC(=O)NCc1ccc(C(=O)Nc2cccc(C#Cc3ccccn3)c2)cc1. The Labute approximate surface area is 163 Å². The maximum Gasteiger partial charge on any atom is 0.255 e. The number of aromatic nitrogens is 1. The monoisotopic (exact) mass is 369 g/mol. The van der Waals surface area contributed by atoms with E-state index in [1.807, 2.05) is 54.6 Å². The predicted octanol–water partition coefficient (Wildman–Crippen LogP) is 3.37. The van der Waals surface area contributed by atoms with Gasteiger partial charge in [-0.05, 0) is 53.9 Å². The lowest BCUT2D eigenvalue weighted by Crippen LogP contribution is -2.19. The molecule has 28 heavy (non-hydrogen) atoms. The van der Waals surface area contributed by atoms with Crippen molar-refractivity contribution in [2.45, 2.75) is 13.5 Å². The average molecular weight is 369 g/mol. The standard InChI is InChI=1S/C23H19N3O2/c1-17(27)25-16-19-8-11-20(12-9-19)23(28)26-22-7-4-5-18(15-22)10-13-21-6-2-3-14-24-21/h2-9,11-12,14-15H,16H2,1H3,(H,25,27)(H,26,28). The Bertz CT molecular complexity index is 1030. The van der Waals surface area contributed by atoms with E-state index in [0.29, 0.717) is 23.5 Å². The van der Waals surface area contributed by atoms with Gasteiger partial charge in [-0.3, -0.25) is 9.59 Å². The molecule has 0 radical (unpaired) electrons. The fourth-order valence-corrected chi connectivity index (χ4v) is 2.45. The van der Waals surface area contributed by atoms with E-state index < -0.39 is 0 Å².